The Labute approximate surface area is 331 Å². The smallest absolute Gasteiger partial charge is 0.238 e. The highest BCUT2D eigenvalue weighted by Crippen LogP contribution is 2.32. The van der Waals surface area contributed by atoms with E-state index >= 15 is 0 Å². The quantitative estimate of drug-likeness (QED) is 0.128. The third-order valence-corrected chi connectivity index (χ3v) is 12.0. The number of para-hydroxylation sites is 2. The lowest BCUT2D eigenvalue weighted by Gasteiger charge is -2.34. The summed E-state index contributed by atoms with van der Waals surface area (Å²) < 4.78 is 248. The lowest BCUT2D eigenvalue weighted by atomic mass is 10.2. The third kappa shape index (κ3) is 4.95. The molecule has 0 bridgehead atoms. The molecule has 7 aromatic carbocycles. The van der Waals surface area contributed by atoms with E-state index in [0.717, 1.165) is 28.8 Å². The number of rotatable bonds is 7. The molecule has 0 saturated carbocycles. The van der Waals surface area contributed by atoms with Crippen molar-refractivity contribution in [2.24, 2.45) is 0 Å². The van der Waals surface area contributed by atoms with E-state index in [4.69, 9.17) is 30.2 Å². The topological polar surface area (TPSA) is 43.6 Å². The van der Waals surface area contributed by atoms with Crippen LogP contribution >= 0.6 is 0 Å². The zero-order valence-corrected chi connectivity index (χ0v) is 26.1. The first-order chi connectivity index (χ1) is 36.4. The van der Waals surface area contributed by atoms with E-state index in [9.17, 15) is 8.22 Å². The second-order valence-corrected chi connectivity index (χ2v) is 14.0. The summed E-state index contributed by atoms with van der Waals surface area (Å²) in [6.07, 6.45) is 0. The summed E-state index contributed by atoms with van der Waals surface area (Å²) in [4.78, 5) is 13.5. The Kier molecular flexibility index (Phi) is 3.13. The monoisotopic (exact) mass is 684 g/mol. The summed E-state index contributed by atoms with van der Waals surface area (Å²) in [5, 5.41) is -3.50. The minimum atomic E-state index is -5.61. The first-order valence-corrected chi connectivity index (χ1v) is 16.6. The van der Waals surface area contributed by atoms with Gasteiger partial charge in [0.1, 0.15) is 0 Å². The van der Waals surface area contributed by atoms with Crippen LogP contribution in [0.2, 0.25) is 0 Å². The average Bonchev–Trinajstić information content (AvgIpc) is 2.92. The molecule has 0 radical (unpaired) electrons. The average molecular weight is 685 g/mol. The molecule has 9 rings (SSSR count). The summed E-state index contributed by atoms with van der Waals surface area (Å²) in [5.41, 5.74) is -1.81. The van der Waals surface area contributed by atoms with Crippen LogP contribution in [0.5, 0.6) is 0 Å². The van der Waals surface area contributed by atoms with Crippen molar-refractivity contribution in [2.75, 3.05) is 0 Å². The van der Waals surface area contributed by atoms with Crippen molar-refractivity contribution in [1.29, 1.82) is 0 Å². The second-order valence-electron chi connectivity index (χ2n) is 10.4. The van der Waals surface area contributed by atoms with E-state index in [1.54, 1.807) is 0 Å². The third-order valence-electron chi connectivity index (χ3n) is 7.78. The Hall–Kier alpha value is -6.43. The Morgan fingerprint density at radius 2 is 0.780 bits per heavy atom. The van der Waals surface area contributed by atoms with Gasteiger partial charge in [0.25, 0.3) is 0 Å². The molecule has 0 amide bonds. The highest BCUT2D eigenvalue weighted by Gasteiger charge is 2.41. The van der Waals surface area contributed by atoms with E-state index in [-0.39, 0.29) is 10.8 Å². The predicted octanol–water partition coefficient (Wildman–Crippen LogP) is 7.68. The van der Waals surface area contributed by atoms with Gasteiger partial charge in [0, 0.05) is 21.9 Å². The second kappa shape index (κ2) is 12.5. The molecule has 0 unspecified atom stereocenters. The number of benzene rings is 7. The predicted molar refractivity (Wildman–Crippen MR) is 209 cm³/mol. The number of hydrogen-bond donors (Lipinski definition) is 0. The molecule has 0 aliphatic heterocycles. The number of nitrogens with zero attached hydrogens (tertiary/aromatic N) is 4. The lowest BCUT2D eigenvalue weighted by molar-refractivity contribution is 0.953. The van der Waals surface area contributed by atoms with Gasteiger partial charge < -0.3 is 0 Å². The van der Waals surface area contributed by atoms with Crippen LogP contribution in [0.4, 0.5) is 0 Å². The molecular formula is C45H32N4Si. The maximum atomic E-state index is 9.36. The van der Waals surface area contributed by atoms with E-state index in [2.05, 4.69) is 15.0 Å². The Bertz CT molecular complexity index is 3840. The van der Waals surface area contributed by atoms with Crippen molar-refractivity contribution in [1.82, 2.24) is 19.5 Å². The van der Waals surface area contributed by atoms with Gasteiger partial charge in [-0.25, -0.2) is 4.98 Å². The van der Waals surface area contributed by atoms with Gasteiger partial charge in [-0.15, -0.1) is 0 Å². The van der Waals surface area contributed by atoms with Crippen molar-refractivity contribution in [2.45, 2.75) is 0 Å². The molecule has 50 heavy (non-hydrogen) atoms. The van der Waals surface area contributed by atoms with Gasteiger partial charge in [-0.1, -0.05) is 181 Å². The van der Waals surface area contributed by atoms with Gasteiger partial charge in [-0.05, 0) is 32.8 Å². The van der Waals surface area contributed by atoms with E-state index in [1.165, 1.54) is 0 Å². The summed E-state index contributed by atoms with van der Waals surface area (Å²) >= 11 is 0. The SMILES string of the molecule is [2H]c1c([2H])c([2H])c(-c2nc(-c3ccc([Si](c4c([2H])c([2H])c([2H])c([2H])c4[2H])(c4c([2H])c([2H])c([2H])c([2H])c4[2H])c4c([2H])c([2H])c([2H])c([2H])c4[2H])cc3)nc(-n3c4c([2H])c([2H])c([2H])c([2H])c4c4c([2H])c([2H])c([2H])c([2H])c43)n2)c([2H])c1[2H]. The van der Waals surface area contributed by atoms with Crippen LogP contribution in [0.3, 0.4) is 0 Å². The van der Waals surface area contributed by atoms with Crippen LogP contribution in [0.25, 0.3) is 50.5 Å². The largest absolute Gasteiger partial charge is 0.278 e. The van der Waals surface area contributed by atoms with Crippen LogP contribution in [0.1, 0.15) is 38.4 Å². The van der Waals surface area contributed by atoms with Crippen LogP contribution < -0.4 is 20.7 Å². The molecule has 9 aromatic rings. The summed E-state index contributed by atoms with van der Waals surface area (Å²) in [6, 6.07) is -20.9. The fraction of sp³-hybridized carbons (Fsp3) is 0. The van der Waals surface area contributed by atoms with E-state index in [1.807, 2.05) is 0 Å². The molecule has 0 N–H and O–H groups in total. The fourth-order valence-electron chi connectivity index (χ4n) is 5.68. The Morgan fingerprint density at radius 1 is 0.380 bits per heavy atom. The fourth-order valence-corrected chi connectivity index (χ4v) is 9.46. The molecule has 4 nitrogen and oxygen atoms in total. The molecule has 0 aliphatic carbocycles. The Morgan fingerprint density at radius 3 is 1.26 bits per heavy atom. The normalized spacial score (nSPS) is 19.4. The number of aromatic nitrogens is 4. The molecule has 0 spiro atoms. The number of hydrogen-bond acceptors (Lipinski definition) is 3. The molecule has 236 valence electrons. The molecule has 0 saturated heterocycles. The summed E-state index contributed by atoms with van der Waals surface area (Å²) in [7, 11) is -5.61. The zero-order valence-electron chi connectivity index (χ0n) is 53.1. The van der Waals surface area contributed by atoms with Gasteiger partial charge in [0.15, 0.2) is 19.7 Å². The van der Waals surface area contributed by atoms with Crippen molar-refractivity contribution in [3.63, 3.8) is 0 Å². The number of fused-ring (bicyclic) bond motifs is 3. The first-order valence-electron chi connectivity index (χ1n) is 28.6. The first kappa shape index (κ1) is 12.5. The maximum Gasteiger partial charge on any atom is 0.238 e. The van der Waals surface area contributed by atoms with E-state index < -0.39 is 238 Å². The maximum absolute atomic E-state index is 9.36. The van der Waals surface area contributed by atoms with Gasteiger partial charge >= 0.3 is 0 Å². The molecule has 0 atom stereocenters. The molecule has 5 heteroatoms. The van der Waals surface area contributed by atoms with E-state index in [0.29, 0.717) is 0 Å². The van der Waals surface area contributed by atoms with Crippen molar-refractivity contribution < 1.29 is 38.4 Å². The van der Waals surface area contributed by atoms with Crippen molar-refractivity contribution in [3.8, 4) is 28.7 Å². The van der Waals surface area contributed by atoms with Crippen molar-refractivity contribution >= 4 is 50.6 Å². The highest BCUT2D eigenvalue weighted by molar-refractivity contribution is 7.19. The summed E-state index contributed by atoms with van der Waals surface area (Å²) in [6.45, 7) is 0. The van der Waals surface area contributed by atoms with Gasteiger partial charge in [-0.2, -0.15) is 9.97 Å². The summed E-state index contributed by atoms with van der Waals surface area (Å²) in [5.74, 6) is -1.93. The molecule has 0 fully saturated rings. The van der Waals surface area contributed by atoms with Gasteiger partial charge in [0.05, 0.1) is 49.4 Å². The van der Waals surface area contributed by atoms with Crippen LogP contribution in [0.15, 0.2) is 193 Å². The Balaban J connectivity index is 1.49. The molecule has 0 aliphatic rings. The van der Waals surface area contributed by atoms with Gasteiger partial charge in [-0.3, -0.25) is 4.57 Å². The van der Waals surface area contributed by atoms with Crippen LogP contribution in [0, 0.1) is 0 Å². The molecule has 2 heterocycles. The minimum absolute atomic E-state index is 0.174. The van der Waals surface area contributed by atoms with Gasteiger partial charge in [0.2, 0.25) is 5.95 Å². The standard InChI is InChI=1S/C45H32N4Si/c1-5-17-33(18-6-1)43-46-44(48-45(47-43)49-41-27-15-13-25-39(41)40-26-14-16-28-42(40)49)34-29-31-38(32-30-34)50(35-19-7-2-8-20-35,36-21-9-3-10-22-36)37-23-11-4-12-24-37/h1-32H/i1D,2D,3D,4D,5D,6D,7D,8D,9D,10D,11D,12D,13D,14D,15D,16D,17D,18D,19D,20D,21D,22D,23D,24D,25D,26D,27D,28D. The van der Waals surface area contributed by atoms with Crippen LogP contribution in [-0.4, -0.2) is 27.6 Å². The molecule has 2 aromatic heterocycles. The van der Waals surface area contributed by atoms with Crippen molar-refractivity contribution in [3.05, 3.63) is 193 Å². The molecular weight excluding hydrogens is 625 g/mol. The van der Waals surface area contributed by atoms with Crippen LogP contribution in [-0.2, 0) is 0 Å². The minimum Gasteiger partial charge on any atom is -0.278 e. The lowest BCUT2D eigenvalue weighted by Crippen LogP contribution is -2.74. The highest BCUT2D eigenvalue weighted by atomic mass is 28.3. The zero-order chi connectivity index (χ0) is 57.7.